The van der Waals surface area contributed by atoms with Crippen LogP contribution in [0.5, 0.6) is 5.75 Å². The molecule has 0 N–H and O–H groups in total. The number of benzene rings is 2. The summed E-state index contributed by atoms with van der Waals surface area (Å²) in [6, 6.07) is 14.1. The molecule has 2 aromatic rings. The molecule has 0 aromatic heterocycles. The molecule has 0 aliphatic rings. The molecule has 0 aliphatic heterocycles. The molecule has 0 unspecified atom stereocenters. The third-order valence-corrected chi connectivity index (χ3v) is 3.08. The van der Waals surface area contributed by atoms with Gasteiger partial charge in [0.1, 0.15) is 5.75 Å². The van der Waals surface area contributed by atoms with Gasteiger partial charge < -0.3 is 4.74 Å². The van der Waals surface area contributed by atoms with Gasteiger partial charge in [-0.1, -0.05) is 33.3 Å². The minimum atomic E-state index is 0. The summed E-state index contributed by atoms with van der Waals surface area (Å²) in [5.74, 6) is 0.801. The van der Waals surface area contributed by atoms with Crippen LogP contribution in [0.4, 0.5) is 0 Å². The second kappa shape index (κ2) is 7.50. The molecular weight excluding hydrogens is 344 g/mol. The molecule has 2 rings (SSSR count). The van der Waals surface area contributed by atoms with Gasteiger partial charge in [0.05, 0.1) is 6.61 Å². The van der Waals surface area contributed by atoms with Crippen LogP contribution in [0.15, 0.2) is 36.4 Å². The van der Waals surface area contributed by atoms with E-state index >= 15 is 0 Å². The molecule has 0 atom stereocenters. The van der Waals surface area contributed by atoms with Crippen molar-refractivity contribution in [1.29, 1.82) is 0 Å². The molecule has 0 amide bonds. The van der Waals surface area contributed by atoms with Crippen molar-refractivity contribution < 1.29 is 37.4 Å². The Hall–Kier alpha value is -0.0761. The summed E-state index contributed by atoms with van der Waals surface area (Å²) in [4.78, 5) is 0. The third-order valence-electron chi connectivity index (χ3n) is 2.40. The maximum atomic E-state index is 6.03. The molecule has 0 radical (unpaired) electrons. The fourth-order valence-electron chi connectivity index (χ4n) is 1.40. The van der Waals surface area contributed by atoms with Crippen molar-refractivity contribution in [2.75, 3.05) is 0 Å². The molecule has 18 heavy (non-hydrogen) atoms. The third kappa shape index (κ3) is 4.24. The molecule has 88 valence electrons. The molecular formula is C14H11Cl2OY+2. The standard InChI is InChI=1S/C14H11Cl2O.Y/c1-10-5-7-11(8-6-10)17-9-12-13(15)3-2-4-14(12)16;/h3-8H,9H2,1H3;/q-1;+3. The summed E-state index contributed by atoms with van der Waals surface area (Å²) in [6.45, 7) is 2.39. The number of halogens is 2. The van der Waals surface area contributed by atoms with Crippen molar-refractivity contribution in [3.63, 3.8) is 0 Å². The summed E-state index contributed by atoms with van der Waals surface area (Å²) in [6.07, 6.45) is 0. The quantitative estimate of drug-likeness (QED) is 0.727. The van der Waals surface area contributed by atoms with Crippen molar-refractivity contribution in [1.82, 2.24) is 0 Å². The van der Waals surface area contributed by atoms with Gasteiger partial charge in [0.2, 0.25) is 0 Å². The van der Waals surface area contributed by atoms with Crippen LogP contribution in [-0.4, -0.2) is 0 Å². The Morgan fingerprint density at radius 1 is 1.06 bits per heavy atom. The van der Waals surface area contributed by atoms with Crippen LogP contribution >= 0.6 is 23.2 Å². The Kier molecular flexibility index (Phi) is 6.66. The number of rotatable bonds is 3. The zero-order chi connectivity index (χ0) is 12.3. The summed E-state index contributed by atoms with van der Waals surface area (Å²) in [5, 5.41) is 1.15. The smallest absolute Gasteiger partial charge is 0.491 e. The van der Waals surface area contributed by atoms with Crippen LogP contribution in [0.3, 0.4) is 0 Å². The van der Waals surface area contributed by atoms with Gasteiger partial charge in [0, 0.05) is 0 Å². The number of hydrogen-bond donors (Lipinski definition) is 0. The van der Waals surface area contributed by atoms with Crippen LogP contribution in [0.1, 0.15) is 11.1 Å². The van der Waals surface area contributed by atoms with E-state index in [1.807, 2.05) is 31.2 Å². The molecule has 0 heterocycles. The topological polar surface area (TPSA) is 9.23 Å². The summed E-state index contributed by atoms with van der Waals surface area (Å²) < 4.78 is 5.63. The van der Waals surface area contributed by atoms with Crippen LogP contribution in [0.2, 0.25) is 10.0 Å². The van der Waals surface area contributed by atoms with Crippen LogP contribution in [-0.2, 0) is 39.3 Å². The van der Waals surface area contributed by atoms with Gasteiger partial charge in [0.25, 0.3) is 0 Å². The monoisotopic (exact) mass is 354 g/mol. The average molecular weight is 355 g/mol. The molecule has 2 aromatic carbocycles. The maximum absolute atomic E-state index is 6.03. The first-order valence-electron chi connectivity index (χ1n) is 5.20. The Bertz CT molecular complexity index is 491. The average Bonchev–Trinajstić information content (AvgIpc) is 2.31. The number of hydrogen-bond acceptors (Lipinski definition) is 1. The van der Waals surface area contributed by atoms with Crippen molar-refractivity contribution in [2.45, 2.75) is 13.5 Å². The predicted molar refractivity (Wildman–Crippen MR) is 70.8 cm³/mol. The van der Waals surface area contributed by atoms with Crippen molar-refractivity contribution in [3.8, 4) is 5.75 Å². The first-order valence-corrected chi connectivity index (χ1v) is 5.96. The van der Waals surface area contributed by atoms with Crippen LogP contribution in [0, 0.1) is 13.0 Å². The van der Waals surface area contributed by atoms with Crippen molar-refractivity contribution in [2.24, 2.45) is 0 Å². The van der Waals surface area contributed by atoms with E-state index in [4.69, 9.17) is 27.9 Å². The molecule has 0 spiro atoms. The predicted octanol–water partition coefficient (Wildman–Crippen LogP) is 4.68. The zero-order valence-corrected chi connectivity index (χ0v) is 14.3. The van der Waals surface area contributed by atoms with Gasteiger partial charge in [-0.15, -0.1) is 0 Å². The van der Waals surface area contributed by atoms with Gasteiger partial charge in [-0.25, -0.2) is 0 Å². The number of ether oxygens (including phenoxy) is 1. The first-order chi connectivity index (χ1) is 8.16. The van der Waals surface area contributed by atoms with Gasteiger partial charge in [-0.2, -0.15) is 41.4 Å². The largest absolute Gasteiger partial charge is 3.00 e. The van der Waals surface area contributed by atoms with Gasteiger partial charge >= 0.3 is 32.7 Å². The zero-order valence-electron chi connectivity index (χ0n) is 9.91. The van der Waals surface area contributed by atoms with E-state index in [2.05, 4.69) is 6.07 Å². The van der Waals surface area contributed by atoms with Gasteiger partial charge in [-0.3, -0.25) is 0 Å². The number of aryl methyl sites for hydroxylation is 1. The van der Waals surface area contributed by atoms with Gasteiger partial charge in [-0.05, 0) is 19.1 Å². The second-order valence-electron chi connectivity index (χ2n) is 3.73. The van der Waals surface area contributed by atoms with Crippen LogP contribution in [0.25, 0.3) is 0 Å². The molecule has 0 saturated carbocycles. The molecule has 0 bridgehead atoms. The molecule has 0 saturated heterocycles. The Morgan fingerprint density at radius 2 is 1.61 bits per heavy atom. The maximum Gasteiger partial charge on any atom is 3.00 e. The normalized spacial score (nSPS) is 9.72. The van der Waals surface area contributed by atoms with E-state index in [0.717, 1.165) is 11.3 Å². The Morgan fingerprint density at radius 3 is 2.17 bits per heavy atom. The first kappa shape index (κ1) is 16.0. The molecule has 0 fully saturated rings. The SMILES string of the molecule is Cc1ccc(OCc2c(Cl)c[c-]cc2Cl)cc1.[Y+3]. The van der Waals surface area contributed by atoms with E-state index in [9.17, 15) is 0 Å². The van der Waals surface area contributed by atoms with E-state index in [1.54, 1.807) is 12.1 Å². The fraction of sp³-hybridized carbons (Fsp3) is 0.143. The second-order valence-corrected chi connectivity index (χ2v) is 4.55. The summed E-state index contributed by atoms with van der Waals surface area (Å²) in [5.41, 5.74) is 1.98. The summed E-state index contributed by atoms with van der Waals surface area (Å²) >= 11 is 12.1. The van der Waals surface area contributed by atoms with Crippen LogP contribution < -0.4 is 4.74 Å². The Balaban J connectivity index is 0.00000162. The van der Waals surface area contributed by atoms with E-state index in [-0.39, 0.29) is 32.7 Å². The van der Waals surface area contributed by atoms with Gasteiger partial charge in [0.15, 0.2) is 0 Å². The van der Waals surface area contributed by atoms with E-state index < -0.39 is 0 Å². The molecule has 1 nitrogen and oxygen atoms in total. The minimum absolute atomic E-state index is 0. The van der Waals surface area contributed by atoms with E-state index in [1.165, 1.54) is 5.56 Å². The minimum Gasteiger partial charge on any atom is -0.491 e. The fourth-order valence-corrected chi connectivity index (χ4v) is 1.89. The van der Waals surface area contributed by atoms with E-state index in [0.29, 0.717) is 16.7 Å². The summed E-state index contributed by atoms with van der Waals surface area (Å²) in [7, 11) is 0. The van der Waals surface area contributed by atoms with Crippen molar-refractivity contribution >= 4 is 23.2 Å². The Labute approximate surface area is 142 Å². The molecule has 0 aliphatic carbocycles. The van der Waals surface area contributed by atoms with Crippen molar-refractivity contribution in [3.05, 3.63) is 63.6 Å². The molecule has 4 heteroatoms.